The summed E-state index contributed by atoms with van der Waals surface area (Å²) in [6, 6.07) is 14.8. The number of hydrazone groups is 1. The molecule has 2 atom stereocenters. The minimum atomic E-state index is -0.307. The number of thiocarbonyl (C=S) groups is 1. The predicted molar refractivity (Wildman–Crippen MR) is 133 cm³/mol. The molecule has 1 aromatic heterocycles. The molecule has 10 heteroatoms. The van der Waals surface area contributed by atoms with Gasteiger partial charge in [-0.2, -0.15) is 5.10 Å². The van der Waals surface area contributed by atoms with Crippen LogP contribution >= 0.6 is 24.0 Å². The first-order valence-electron chi connectivity index (χ1n) is 10.8. The summed E-state index contributed by atoms with van der Waals surface area (Å²) in [5.74, 6) is 0.255. The van der Waals surface area contributed by atoms with E-state index in [1.165, 1.54) is 11.8 Å². The van der Waals surface area contributed by atoms with E-state index in [0.29, 0.717) is 16.8 Å². The van der Waals surface area contributed by atoms with E-state index in [-0.39, 0.29) is 41.3 Å². The van der Waals surface area contributed by atoms with Crippen LogP contribution in [0.25, 0.3) is 0 Å². The van der Waals surface area contributed by atoms with Crippen molar-refractivity contribution in [2.45, 2.75) is 18.9 Å². The van der Waals surface area contributed by atoms with E-state index >= 15 is 0 Å². The molecule has 2 aromatic rings. The summed E-state index contributed by atoms with van der Waals surface area (Å²) in [4.78, 5) is 39.1. The second-order valence-corrected chi connectivity index (χ2v) is 10.1. The number of aromatic nitrogens is 1. The number of para-hydroxylation sites is 1. The van der Waals surface area contributed by atoms with Gasteiger partial charge in [0.05, 0.1) is 11.4 Å². The smallest absolute Gasteiger partial charge is 0.250 e. The van der Waals surface area contributed by atoms with Crippen LogP contribution in [0.15, 0.2) is 58.4 Å². The van der Waals surface area contributed by atoms with E-state index in [4.69, 9.17) is 12.2 Å². The largest absolute Gasteiger partial charge is 0.356 e. The molecule has 1 N–H and O–H groups in total. The number of pyridine rings is 1. The molecule has 0 unspecified atom stereocenters. The van der Waals surface area contributed by atoms with Crippen molar-refractivity contribution in [2.24, 2.45) is 11.0 Å². The number of nitrogens with one attached hydrogen (secondary N) is 1. The lowest BCUT2D eigenvalue weighted by atomic mass is 9.83. The van der Waals surface area contributed by atoms with Crippen LogP contribution in [0.3, 0.4) is 0 Å². The number of rotatable bonds is 3. The number of thioether (sulfide) groups is 1. The summed E-state index contributed by atoms with van der Waals surface area (Å²) in [5, 5.41) is 8.45. The van der Waals surface area contributed by atoms with Crippen molar-refractivity contribution in [3.05, 3.63) is 64.6 Å². The van der Waals surface area contributed by atoms with Crippen LogP contribution in [0.4, 0.5) is 5.69 Å². The number of amidine groups is 1. The number of hydrogen-bond donors (Lipinski definition) is 1. The van der Waals surface area contributed by atoms with Crippen LogP contribution in [0.5, 0.6) is 0 Å². The Morgan fingerprint density at radius 2 is 1.91 bits per heavy atom. The summed E-state index contributed by atoms with van der Waals surface area (Å²) in [7, 11) is 0. The predicted octanol–water partition coefficient (Wildman–Crippen LogP) is 1.80. The Hall–Kier alpha value is -2.98. The first-order valence-corrected chi connectivity index (χ1v) is 12.2. The van der Waals surface area contributed by atoms with Crippen LogP contribution < -0.4 is 15.9 Å². The van der Waals surface area contributed by atoms with Gasteiger partial charge in [0.25, 0.3) is 5.56 Å². The standard InChI is InChI=1S/C23H23N5O3S2/c29-19-13-28(17-5-2-1-3-6-17)25-22(19)24-20(30)14-33-23(32)26-10-15-9-16(12-26)18-7-4-8-21(31)27(18)11-15/h1-8,15-16H,9-14H2,(H,24,25,30)/t15-,16-/m1/s1. The molecule has 3 aliphatic rings. The normalized spacial score (nSPS) is 21.5. The molecule has 1 fully saturated rings. The van der Waals surface area contributed by atoms with Crippen LogP contribution in [0, 0.1) is 5.92 Å². The van der Waals surface area contributed by atoms with Gasteiger partial charge in [-0.1, -0.05) is 48.2 Å². The van der Waals surface area contributed by atoms with Gasteiger partial charge >= 0.3 is 0 Å². The maximum Gasteiger partial charge on any atom is 0.250 e. The minimum Gasteiger partial charge on any atom is -0.356 e. The third-order valence-corrected chi connectivity index (χ3v) is 7.68. The number of fused-ring (bicyclic) bond motifs is 4. The Labute approximate surface area is 200 Å². The van der Waals surface area contributed by atoms with E-state index in [1.807, 2.05) is 47.0 Å². The number of carbonyl (C=O) groups is 2. The molecule has 5 rings (SSSR count). The van der Waals surface area contributed by atoms with Crippen molar-refractivity contribution >= 4 is 51.5 Å². The molecule has 4 heterocycles. The van der Waals surface area contributed by atoms with Gasteiger partial charge in [0, 0.05) is 37.3 Å². The minimum absolute atomic E-state index is 0.0551. The van der Waals surface area contributed by atoms with Crippen LogP contribution in [-0.2, 0) is 16.1 Å². The first-order chi connectivity index (χ1) is 16.0. The SMILES string of the molecule is O=C(CSC(=S)N1C[C@H]2C[C@H](C1)c1cccc(=O)n1C2)NC1=NN(c2ccccc2)CC1=O. The van der Waals surface area contributed by atoms with Crippen molar-refractivity contribution in [3.8, 4) is 0 Å². The highest BCUT2D eigenvalue weighted by Gasteiger charge is 2.35. The molecule has 0 spiro atoms. The molecule has 0 saturated carbocycles. The highest BCUT2D eigenvalue weighted by atomic mass is 32.2. The summed E-state index contributed by atoms with van der Waals surface area (Å²) < 4.78 is 2.55. The quantitative estimate of drug-likeness (QED) is 0.669. The average molecular weight is 482 g/mol. The Kier molecular flexibility index (Phi) is 6.03. The topological polar surface area (TPSA) is 87.0 Å². The van der Waals surface area contributed by atoms with E-state index < -0.39 is 0 Å². The van der Waals surface area contributed by atoms with E-state index in [1.54, 1.807) is 11.1 Å². The number of piperidine rings is 1. The van der Waals surface area contributed by atoms with Gasteiger partial charge in [-0.3, -0.25) is 19.4 Å². The second kappa shape index (κ2) is 9.11. The number of ketones is 1. The van der Waals surface area contributed by atoms with E-state index in [9.17, 15) is 14.4 Å². The van der Waals surface area contributed by atoms with Crippen molar-refractivity contribution in [1.82, 2.24) is 14.8 Å². The van der Waals surface area contributed by atoms with Gasteiger partial charge < -0.3 is 14.8 Å². The maximum absolute atomic E-state index is 12.5. The molecule has 1 amide bonds. The lowest BCUT2D eigenvalue weighted by Crippen LogP contribution is -2.48. The molecule has 0 aliphatic carbocycles. The second-order valence-electron chi connectivity index (χ2n) is 8.47. The van der Waals surface area contributed by atoms with Gasteiger partial charge in [0.15, 0.2) is 5.84 Å². The van der Waals surface area contributed by atoms with Crippen LogP contribution in [0.2, 0.25) is 0 Å². The average Bonchev–Trinajstić information content (AvgIpc) is 3.18. The Morgan fingerprint density at radius 1 is 1.09 bits per heavy atom. The maximum atomic E-state index is 12.5. The molecule has 1 aromatic carbocycles. The molecule has 2 bridgehead atoms. The molecule has 0 radical (unpaired) electrons. The monoisotopic (exact) mass is 481 g/mol. The fraction of sp³-hybridized carbons (Fsp3) is 0.348. The zero-order chi connectivity index (χ0) is 22.9. The zero-order valence-electron chi connectivity index (χ0n) is 17.8. The number of nitrogens with zero attached hydrogens (tertiary/aromatic N) is 4. The zero-order valence-corrected chi connectivity index (χ0v) is 19.5. The first kappa shape index (κ1) is 21.8. The van der Waals surface area contributed by atoms with Crippen molar-refractivity contribution in [3.63, 3.8) is 0 Å². The van der Waals surface area contributed by atoms with E-state index in [2.05, 4.69) is 15.3 Å². The van der Waals surface area contributed by atoms with Crippen LogP contribution in [0.1, 0.15) is 18.0 Å². The molecule has 3 aliphatic heterocycles. The lowest BCUT2D eigenvalue weighted by Gasteiger charge is -2.43. The van der Waals surface area contributed by atoms with Crippen molar-refractivity contribution in [2.75, 3.05) is 30.4 Å². The fourth-order valence-corrected chi connectivity index (χ4v) is 5.68. The third-order valence-electron chi connectivity index (χ3n) is 6.15. The Balaban J connectivity index is 1.16. The van der Waals surface area contributed by atoms with Gasteiger partial charge in [0.2, 0.25) is 11.7 Å². The molecule has 170 valence electrons. The van der Waals surface area contributed by atoms with Gasteiger partial charge in [-0.25, -0.2) is 0 Å². The highest BCUT2D eigenvalue weighted by molar-refractivity contribution is 8.23. The van der Waals surface area contributed by atoms with Crippen LogP contribution in [-0.4, -0.2) is 56.7 Å². The summed E-state index contributed by atoms with van der Waals surface area (Å²) in [5.41, 5.74) is 1.92. The highest BCUT2D eigenvalue weighted by Crippen LogP contribution is 2.36. The number of Topliss-reactive ketones (excluding diaryl/α,β-unsaturated/α-hetero) is 1. The van der Waals surface area contributed by atoms with Crippen molar-refractivity contribution < 1.29 is 9.59 Å². The summed E-state index contributed by atoms with van der Waals surface area (Å²) >= 11 is 6.91. The molecule has 33 heavy (non-hydrogen) atoms. The number of benzene rings is 1. The third kappa shape index (κ3) is 4.58. The summed E-state index contributed by atoms with van der Waals surface area (Å²) in [6.45, 7) is 2.33. The molecular formula is C23H23N5O3S2. The number of likely N-dealkylation sites (tertiary alicyclic amines) is 1. The number of anilines is 1. The number of hydrogen-bond acceptors (Lipinski definition) is 7. The van der Waals surface area contributed by atoms with Gasteiger partial charge in [-0.05, 0) is 30.5 Å². The van der Waals surface area contributed by atoms with Gasteiger partial charge in [-0.15, -0.1) is 0 Å². The fourth-order valence-electron chi connectivity index (χ4n) is 4.70. The molecular weight excluding hydrogens is 458 g/mol. The van der Waals surface area contributed by atoms with Crippen molar-refractivity contribution in [1.29, 1.82) is 0 Å². The Bertz CT molecular complexity index is 1200. The van der Waals surface area contributed by atoms with Gasteiger partial charge in [0.1, 0.15) is 10.9 Å². The number of amides is 1. The number of carbonyl (C=O) groups excluding carboxylic acids is 2. The summed E-state index contributed by atoms with van der Waals surface area (Å²) in [6.07, 6.45) is 1.05. The molecule has 8 nitrogen and oxygen atoms in total. The molecule has 1 saturated heterocycles. The Morgan fingerprint density at radius 3 is 2.73 bits per heavy atom. The van der Waals surface area contributed by atoms with E-state index in [0.717, 1.165) is 30.9 Å². The lowest BCUT2D eigenvalue weighted by molar-refractivity contribution is -0.118.